The summed E-state index contributed by atoms with van der Waals surface area (Å²) in [6.45, 7) is 4.51. The third kappa shape index (κ3) is 2.78. The summed E-state index contributed by atoms with van der Waals surface area (Å²) >= 11 is 0. The van der Waals surface area contributed by atoms with Gasteiger partial charge < -0.3 is 20.1 Å². The molecule has 0 bridgehead atoms. The van der Waals surface area contributed by atoms with Gasteiger partial charge in [0.15, 0.2) is 5.96 Å². The third-order valence-electron chi connectivity index (χ3n) is 6.27. The number of guanidine groups is 1. The van der Waals surface area contributed by atoms with Gasteiger partial charge in [0.2, 0.25) is 0 Å². The lowest BCUT2D eigenvalue weighted by Crippen LogP contribution is -2.72. The molecule has 3 fully saturated rings. The van der Waals surface area contributed by atoms with Crippen LogP contribution in [-0.4, -0.2) is 38.4 Å². The van der Waals surface area contributed by atoms with Crippen molar-refractivity contribution in [3.8, 4) is 5.75 Å². The second-order valence-corrected chi connectivity index (χ2v) is 7.46. The molecule has 1 spiro atoms. The van der Waals surface area contributed by atoms with E-state index >= 15 is 0 Å². The molecule has 1 saturated heterocycles. The quantitative estimate of drug-likeness (QED) is 0.638. The van der Waals surface area contributed by atoms with Gasteiger partial charge in [-0.25, -0.2) is 4.99 Å². The Labute approximate surface area is 150 Å². The summed E-state index contributed by atoms with van der Waals surface area (Å²) < 4.78 is 11.5. The Morgan fingerprint density at radius 2 is 2.20 bits per heavy atom. The number of nitrogens with one attached hydrogen (secondary N) is 2. The Kier molecular flexibility index (Phi) is 4.59. The van der Waals surface area contributed by atoms with E-state index in [1.807, 2.05) is 18.2 Å². The van der Waals surface area contributed by atoms with E-state index in [9.17, 15) is 0 Å². The van der Waals surface area contributed by atoms with E-state index in [2.05, 4.69) is 23.6 Å². The van der Waals surface area contributed by atoms with E-state index in [0.29, 0.717) is 30.0 Å². The first kappa shape index (κ1) is 16.7. The van der Waals surface area contributed by atoms with Crippen molar-refractivity contribution in [3.63, 3.8) is 0 Å². The molecule has 25 heavy (non-hydrogen) atoms. The number of fused-ring (bicyclic) bond motifs is 2. The molecule has 3 aliphatic rings. The molecule has 5 nitrogen and oxygen atoms in total. The second-order valence-electron chi connectivity index (χ2n) is 7.46. The number of nitrogens with zero attached hydrogens (tertiary/aromatic N) is 1. The van der Waals surface area contributed by atoms with Crippen LogP contribution < -0.4 is 15.4 Å². The Balaban J connectivity index is 1.48. The largest absolute Gasteiger partial charge is 0.496 e. The fraction of sp³-hybridized carbons (Fsp3) is 0.650. The first-order valence-electron chi connectivity index (χ1n) is 9.57. The van der Waals surface area contributed by atoms with Gasteiger partial charge in [-0.05, 0) is 32.3 Å². The molecule has 1 aliphatic heterocycles. The molecule has 2 N–H and O–H groups in total. The molecule has 0 radical (unpaired) electrons. The van der Waals surface area contributed by atoms with Gasteiger partial charge in [-0.2, -0.15) is 0 Å². The predicted octanol–water partition coefficient (Wildman–Crippen LogP) is 2.71. The predicted molar refractivity (Wildman–Crippen MR) is 98.9 cm³/mol. The molecular formula is C20H29N3O2. The van der Waals surface area contributed by atoms with Crippen LogP contribution in [0.2, 0.25) is 0 Å². The van der Waals surface area contributed by atoms with Crippen LogP contribution in [0, 0.1) is 11.3 Å². The fourth-order valence-electron chi connectivity index (χ4n) is 4.92. The van der Waals surface area contributed by atoms with Crippen molar-refractivity contribution < 1.29 is 9.47 Å². The van der Waals surface area contributed by atoms with Crippen molar-refractivity contribution in [2.24, 2.45) is 16.3 Å². The fourth-order valence-corrected chi connectivity index (χ4v) is 4.92. The first-order valence-corrected chi connectivity index (χ1v) is 9.57. The van der Waals surface area contributed by atoms with Crippen molar-refractivity contribution in [2.45, 2.75) is 51.3 Å². The summed E-state index contributed by atoms with van der Waals surface area (Å²) in [6, 6.07) is 8.59. The number of benzene rings is 1. The molecule has 1 aromatic carbocycles. The van der Waals surface area contributed by atoms with Crippen LogP contribution in [0.5, 0.6) is 5.75 Å². The number of ether oxygens (including phenoxy) is 2. The highest BCUT2D eigenvalue weighted by atomic mass is 16.5. The van der Waals surface area contributed by atoms with E-state index in [1.54, 1.807) is 7.11 Å². The summed E-state index contributed by atoms with van der Waals surface area (Å²) in [5.74, 6) is 2.45. The number of rotatable bonds is 5. The van der Waals surface area contributed by atoms with Gasteiger partial charge in [-0.1, -0.05) is 24.6 Å². The average Bonchev–Trinajstić information content (AvgIpc) is 3.01. The lowest BCUT2D eigenvalue weighted by molar-refractivity contribution is -0.171. The number of aliphatic imine (C=N–C) groups is 1. The molecule has 1 heterocycles. The Morgan fingerprint density at radius 1 is 1.36 bits per heavy atom. The van der Waals surface area contributed by atoms with Crippen molar-refractivity contribution in [3.05, 3.63) is 29.8 Å². The normalized spacial score (nSPS) is 29.5. The summed E-state index contributed by atoms with van der Waals surface area (Å²) in [6.07, 6.45) is 5.57. The van der Waals surface area contributed by atoms with Crippen LogP contribution in [-0.2, 0) is 11.3 Å². The van der Waals surface area contributed by atoms with Crippen LogP contribution in [0.25, 0.3) is 0 Å². The molecule has 136 valence electrons. The molecular weight excluding hydrogens is 314 g/mol. The second kappa shape index (κ2) is 6.87. The highest BCUT2D eigenvalue weighted by molar-refractivity contribution is 5.80. The van der Waals surface area contributed by atoms with E-state index in [-0.39, 0.29) is 0 Å². The van der Waals surface area contributed by atoms with Gasteiger partial charge in [-0.3, -0.25) is 0 Å². The Bertz CT molecular complexity index is 642. The van der Waals surface area contributed by atoms with Crippen molar-refractivity contribution in [1.82, 2.24) is 10.6 Å². The number of methoxy groups -OCH3 is 1. The minimum Gasteiger partial charge on any atom is -0.496 e. The topological polar surface area (TPSA) is 54.9 Å². The van der Waals surface area contributed by atoms with Crippen LogP contribution in [0.4, 0.5) is 0 Å². The van der Waals surface area contributed by atoms with E-state index in [0.717, 1.165) is 30.4 Å². The molecule has 3 unspecified atom stereocenters. The van der Waals surface area contributed by atoms with Crippen molar-refractivity contribution in [2.75, 3.05) is 20.3 Å². The maximum Gasteiger partial charge on any atom is 0.191 e. The zero-order valence-corrected chi connectivity index (χ0v) is 15.3. The van der Waals surface area contributed by atoms with Crippen LogP contribution in [0.3, 0.4) is 0 Å². The number of para-hydroxylation sites is 1. The maximum atomic E-state index is 6.02. The highest BCUT2D eigenvalue weighted by Gasteiger charge is 2.66. The zero-order chi connectivity index (χ0) is 17.3. The summed E-state index contributed by atoms with van der Waals surface area (Å²) in [4.78, 5) is 4.83. The third-order valence-corrected chi connectivity index (χ3v) is 6.27. The Morgan fingerprint density at radius 3 is 2.92 bits per heavy atom. The van der Waals surface area contributed by atoms with Gasteiger partial charge in [0.25, 0.3) is 0 Å². The Hall–Kier alpha value is -1.75. The summed E-state index contributed by atoms with van der Waals surface area (Å²) in [5.41, 5.74) is 1.47. The lowest BCUT2D eigenvalue weighted by Gasteiger charge is -2.63. The molecule has 3 atom stereocenters. The highest BCUT2D eigenvalue weighted by Crippen LogP contribution is 2.62. The molecule has 1 aromatic rings. The smallest absolute Gasteiger partial charge is 0.191 e. The maximum absolute atomic E-state index is 6.02. The van der Waals surface area contributed by atoms with E-state index < -0.39 is 0 Å². The molecule has 2 aliphatic carbocycles. The molecule has 2 saturated carbocycles. The number of hydrogen-bond donors (Lipinski definition) is 2. The van der Waals surface area contributed by atoms with Gasteiger partial charge in [0, 0.05) is 36.1 Å². The monoisotopic (exact) mass is 343 g/mol. The standard InChI is InChI=1S/C20H29N3O2/c1-3-21-19(22-13-14-7-4-5-8-16(14)24-2)23-17-15-9-12-25-18(15)20(17)10-6-11-20/h4-5,7-8,15,17-18H,3,6,9-13H2,1-2H3,(H2,21,22,23). The minimum atomic E-state index is 0.363. The van der Waals surface area contributed by atoms with Crippen molar-refractivity contribution >= 4 is 5.96 Å². The van der Waals surface area contributed by atoms with Crippen LogP contribution in [0.15, 0.2) is 29.3 Å². The zero-order valence-electron chi connectivity index (χ0n) is 15.3. The van der Waals surface area contributed by atoms with Crippen LogP contribution >= 0.6 is 0 Å². The number of hydrogen-bond acceptors (Lipinski definition) is 3. The van der Waals surface area contributed by atoms with E-state index in [1.165, 1.54) is 25.7 Å². The van der Waals surface area contributed by atoms with Gasteiger partial charge in [-0.15, -0.1) is 0 Å². The summed E-state index contributed by atoms with van der Waals surface area (Å²) in [5, 5.41) is 7.16. The average molecular weight is 343 g/mol. The molecule has 0 aromatic heterocycles. The van der Waals surface area contributed by atoms with Gasteiger partial charge >= 0.3 is 0 Å². The molecule has 4 rings (SSSR count). The molecule has 5 heteroatoms. The van der Waals surface area contributed by atoms with Crippen LogP contribution in [0.1, 0.15) is 38.2 Å². The van der Waals surface area contributed by atoms with Gasteiger partial charge in [0.1, 0.15) is 5.75 Å². The van der Waals surface area contributed by atoms with E-state index in [4.69, 9.17) is 14.5 Å². The lowest BCUT2D eigenvalue weighted by atomic mass is 9.46. The molecule has 0 amide bonds. The summed E-state index contributed by atoms with van der Waals surface area (Å²) in [7, 11) is 1.71. The van der Waals surface area contributed by atoms with Gasteiger partial charge in [0.05, 0.1) is 19.8 Å². The SMILES string of the molecule is CCNC(=NCc1ccccc1OC)NC1C2CCOC2C12CCC2. The first-order chi connectivity index (χ1) is 12.3. The minimum absolute atomic E-state index is 0.363. The van der Waals surface area contributed by atoms with Crippen molar-refractivity contribution in [1.29, 1.82) is 0 Å².